The molecule has 114 valence electrons. The predicted octanol–water partition coefficient (Wildman–Crippen LogP) is 3.52. The van der Waals surface area contributed by atoms with Crippen LogP contribution < -0.4 is 5.32 Å². The SMILES string of the molecule is CCCNC(CCC(C)(C)OC)C1(C)CCCCO1. The zero-order valence-electron chi connectivity index (χ0n) is 13.6. The summed E-state index contributed by atoms with van der Waals surface area (Å²) in [5, 5.41) is 3.70. The van der Waals surface area contributed by atoms with Gasteiger partial charge in [-0.2, -0.15) is 0 Å². The van der Waals surface area contributed by atoms with Gasteiger partial charge in [0.05, 0.1) is 11.2 Å². The highest BCUT2D eigenvalue weighted by molar-refractivity contribution is 4.92. The highest BCUT2D eigenvalue weighted by Gasteiger charge is 2.37. The van der Waals surface area contributed by atoms with E-state index in [1.54, 1.807) is 7.11 Å². The molecule has 1 heterocycles. The number of hydrogen-bond donors (Lipinski definition) is 1. The Morgan fingerprint density at radius 2 is 2.11 bits per heavy atom. The molecule has 0 saturated carbocycles. The molecule has 1 N–H and O–H groups in total. The van der Waals surface area contributed by atoms with Crippen LogP contribution in [0.15, 0.2) is 0 Å². The molecule has 19 heavy (non-hydrogen) atoms. The largest absolute Gasteiger partial charge is 0.379 e. The molecule has 0 spiro atoms. The summed E-state index contributed by atoms with van der Waals surface area (Å²) < 4.78 is 11.7. The monoisotopic (exact) mass is 271 g/mol. The molecule has 3 heteroatoms. The lowest BCUT2D eigenvalue weighted by molar-refractivity contribution is -0.0943. The zero-order valence-corrected chi connectivity index (χ0v) is 13.6. The second kappa shape index (κ2) is 7.61. The number of ether oxygens (including phenoxy) is 2. The van der Waals surface area contributed by atoms with Crippen LogP contribution in [-0.4, -0.2) is 37.5 Å². The van der Waals surface area contributed by atoms with Gasteiger partial charge in [-0.3, -0.25) is 0 Å². The Labute approximate surface area is 119 Å². The summed E-state index contributed by atoms with van der Waals surface area (Å²) in [6.45, 7) is 10.8. The van der Waals surface area contributed by atoms with Crippen LogP contribution >= 0.6 is 0 Å². The third-order valence-corrected chi connectivity index (χ3v) is 4.46. The first-order valence-corrected chi connectivity index (χ1v) is 7.86. The molecule has 1 aliphatic heterocycles. The second-order valence-corrected chi connectivity index (χ2v) is 6.63. The number of nitrogens with one attached hydrogen (secondary N) is 1. The fraction of sp³-hybridized carbons (Fsp3) is 1.00. The highest BCUT2D eigenvalue weighted by atomic mass is 16.5. The molecule has 1 saturated heterocycles. The summed E-state index contributed by atoms with van der Waals surface area (Å²) >= 11 is 0. The van der Waals surface area contributed by atoms with Gasteiger partial charge in [-0.25, -0.2) is 0 Å². The van der Waals surface area contributed by atoms with Crippen molar-refractivity contribution in [3.63, 3.8) is 0 Å². The normalized spacial score (nSPS) is 26.4. The van der Waals surface area contributed by atoms with Crippen molar-refractivity contribution < 1.29 is 9.47 Å². The quantitative estimate of drug-likeness (QED) is 0.732. The Hall–Kier alpha value is -0.120. The summed E-state index contributed by atoms with van der Waals surface area (Å²) in [7, 11) is 1.80. The summed E-state index contributed by atoms with van der Waals surface area (Å²) in [4.78, 5) is 0. The van der Waals surface area contributed by atoms with E-state index in [4.69, 9.17) is 9.47 Å². The van der Waals surface area contributed by atoms with E-state index in [0.717, 1.165) is 26.0 Å². The van der Waals surface area contributed by atoms with Gasteiger partial charge < -0.3 is 14.8 Å². The van der Waals surface area contributed by atoms with Crippen molar-refractivity contribution in [2.75, 3.05) is 20.3 Å². The van der Waals surface area contributed by atoms with Crippen LogP contribution in [0.5, 0.6) is 0 Å². The minimum absolute atomic E-state index is 0.00274. The Balaban J connectivity index is 2.59. The van der Waals surface area contributed by atoms with Gasteiger partial charge in [0, 0.05) is 19.8 Å². The van der Waals surface area contributed by atoms with Gasteiger partial charge in [0.2, 0.25) is 0 Å². The van der Waals surface area contributed by atoms with Crippen LogP contribution in [0.25, 0.3) is 0 Å². The minimum Gasteiger partial charge on any atom is -0.379 e. The van der Waals surface area contributed by atoms with Crippen molar-refractivity contribution in [1.29, 1.82) is 0 Å². The maximum absolute atomic E-state index is 6.12. The van der Waals surface area contributed by atoms with Crippen molar-refractivity contribution in [1.82, 2.24) is 5.32 Å². The average Bonchev–Trinajstić information content (AvgIpc) is 2.39. The Morgan fingerprint density at radius 3 is 2.63 bits per heavy atom. The molecule has 2 unspecified atom stereocenters. The number of rotatable bonds is 8. The molecule has 2 atom stereocenters. The van der Waals surface area contributed by atoms with Gasteiger partial charge >= 0.3 is 0 Å². The van der Waals surface area contributed by atoms with Crippen LogP contribution in [0.1, 0.15) is 66.2 Å². The molecule has 3 nitrogen and oxygen atoms in total. The molecular weight excluding hydrogens is 238 g/mol. The molecule has 0 radical (unpaired) electrons. The van der Waals surface area contributed by atoms with E-state index < -0.39 is 0 Å². The molecule has 0 amide bonds. The highest BCUT2D eigenvalue weighted by Crippen LogP contribution is 2.31. The number of hydrogen-bond acceptors (Lipinski definition) is 3. The average molecular weight is 271 g/mol. The van der Waals surface area contributed by atoms with E-state index in [0.29, 0.717) is 6.04 Å². The van der Waals surface area contributed by atoms with Gasteiger partial charge in [0.1, 0.15) is 0 Å². The fourth-order valence-electron chi connectivity index (χ4n) is 2.77. The van der Waals surface area contributed by atoms with E-state index in [1.807, 2.05) is 0 Å². The Bertz CT molecular complexity index is 247. The molecular formula is C16H33NO2. The number of methoxy groups -OCH3 is 1. The summed E-state index contributed by atoms with van der Waals surface area (Å²) in [6, 6.07) is 0.433. The lowest BCUT2D eigenvalue weighted by atomic mass is 9.83. The third-order valence-electron chi connectivity index (χ3n) is 4.46. The smallest absolute Gasteiger partial charge is 0.0806 e. The Morgan fingerprint density at radius 1 is 1.37 bits per heavy atom. The van der Waals surface area contributed by atoms with E-state index in [9.17, 15) is 0 Å². The van der Waals surface area contributed by atoms with E-state index in [-0.39, 0.29) is 11.2 Å². The van der Waals surface area contributed by atoms with E-state index >= 15 is 0 Å². The lowest BCUT2D eigenvalue weighted by Crippen LogP contribution is -2.53. The summed E-state index contributed by atoms with van der Waals surface area (Å²) in [6.07, 6.45) is 7.00. The molecule has 0 aromatic rings. The van der Waals surface area contributed by atoms with Crippen LogP contribution in [0.2, 0.25) is 0 Å². The maximum atomic E-state index is 6.12. The first-order valence-electron chi connectivity index (χ1n) is 7.86. The van der Waals surface area contributed by atoms with Crippen molar-refractivity contribution in [2.45, 2.75) is 83.5 Å². The third kappa shape index (κ3) is 5.41. The molecule has 0 aromatic carbocycles. The first kappa shape index (κ1) is 16.9. The van der Waals surface area contributed by atoms with Gasteiger partial charge in [-0.15, -0.1) is 0 Å². The van der Waals surface area contributed by atoms with Gasteiger partial charge in [-0.1, -0.05) is 6.92 Å². The van der Waals surface area contributed by atoms with Gasteiger partial charge in [0.15, 0.2) is 0 Å². The van der Waals surface area contributed by atoms with E-state index in [1.165, 1.54) is 25.7 Å². The maximum Gasteiger partial charge on any atom is 0.0806 e. The molecule has 0 aromatic heterocycles. The first-order chi connectivity index (χ1) is 8.93. The fourth-order valence-corrected chi connectivity index (χ4v) is 2.77. The van der Waals surface area contributed by atoms with Crippen molar-refractivity contribution in [2.24, 2.45) is 0 Å². The van der Waals surface area contributed by atoms with Crippen LogP contribution in [0.3, 0.4) is 0 Å². The molecule has 0 bridgehead atoms. The van der Waals surface area contributed by atoms with Crippen LogP contribution in [0, 0.1) is 0 Å². The second-order valence-electron chi connectivity index (χ2n) is 6.63. The minimum atomic E-state index is -0.0445. The van der Waals surface area contributed by atoms with Gasteiger partial charge in [0.25, 0.3) is 0 Å². The summed E-state index contributed by atoms with van der Waals surface area (Å²) in [5.41, 5.74) is -0.0472. The van der Waals surface area contributed by atoms with Crippen LogP contribution in [-0.2, 0) is 9.47 Å². The van der Waals surface area contributed by atoms with Crippen LogP contribution in [0.4, 0.5) is 0 Å². The van der Waals surface area contributed by atoms with Crippen molar-refractivity contribution >= 4 is 0 Å². The molecule has 1 fully saturated rings. The standard InChI is InChI=1S/C16H33NO2/c1-6-12-17-14(9-11-15(2,3)18-5)16(4)10-7-8-13-19-16/h14,17H,6-13H2,1-5H3. The van der Waals surface area contributed by atoms with Crippen molar-refractivity contribution in [3.8, 4) is 0 Å². The predicted molar refractivity (Wildman–Crippen MR) is 80.6 cm³/mol. The topological polar surface area (TPSA) is 30.5 Å². The molecule has 1 aliphatic rings. The summed E-state index contributed by atoms with van der Waals surface area (Å²) in [5.74, 6) is 0. The molecule has 0 aliphatic carbocycles. The molecule has 1 rings (SSSR count). The Kier molecular flexibility index (Phi) is 6.78. The van der Waals surface area contributed by atoms with E-state index in [2.05, 4.69) is 33.0 Å². The van der Waals surface area contributed by atoms with Gasteiger partial charge in [-0.05, 0) is 65.8 Å². The lowest BCUT2D eigenvalue weighted by Gasteiger charge is -2.42. The zero-order chi connectivity index (χ0) is 14.4. The van der Waals surface area contributed by atoms with Crippen molar-refractivity contribution in [3.05, 3.63) is 0 Å².